The number of hydrogen-bond donors (Lipinski definition) is 1. The normalized spacial score (nSPS) is 11.4. The molecule has 4 aromatic rings. The Morgan fingerprint density at radius 3 is 2.63 bits per heavy atom. The van der Waals surface area contributed by atoms with E-state index in [-0.39, 0.29) is 0 Å². The van der Waals surface area contributed by atoms with E-state index in [1.165, 1.54) is 10.2 Å². The molecule has 0 aliphatic carbocycles. The zero-order valence-electron chi connectivity index (χ0n) is 10.1. The lowest BCUT2D eigenvalue weighted by atomic mass is 10.1. The van der Waals surface area contributed by atoms with E-state index in [4.69, 9.17) is 10.7 Å². The van der Waals surface area contributed by atoms with Gasteiger partial charge in [0.05, 0.1) is 15.9 Å². The zero-order valence-corrected chi connectivity index (χ0v) is 10.9. The largest absolute Gasteiger partial charge is 0.399 e. The minimum absolute atomic E-state index is 0.773. The molecule has 4 heteroatoms. The van der Waals surface area contributed by atoms with Gasteiger partial charge in [0.15, 0.2) is 4.96 Å². The van der Waals surface area contributed by atoms with E-state index >= 15 is 0 Å². The van der Waals surface area contributed by atoms with Gasteiger partial charge in [0, 0.05) is 17.4 Å². The summed E-state index contributed by atoms with van der Waals surface area (Å²) in [6, 6.07) is 16.2. The van der Waals surface area contributed by atoms with Gasteiger partial charge >= 0.3 is 0 Å². The number of nitrogen functional groups attached to an aromatic ring is 1. The van der Waals surface area contributed by atoms with Crippen LogP contribution in [0.4, 0.5) is 5.69 Å². The first-order valence-electron chi connectivity index (χ1n) is 6.04. The van der Waals surface area contributed by atoms with Crippen LogP contribution in [0, 0.1) is 0 Å². The second kappa shape index (κ2) is 3.83. The minimum Gasteiger partial charge on any atom is -0.399 e. The smallest absolute Gasteiger partial charge is 0.195 e. The SMILES string of the molecule is Nc1ccc(-c2cn3c(n2)sc2ccccc23)cc1. The molecule has 92 valence electrons. The molecule has 2 heterocycles. The molecule has 0 amide bonds. The summed E-state index contributed by atoms with van der Waals surface area (Å²) in [5, 5.41) is 0. The number of hydrogen-bond acceptors (Lipinski definition) is 3. The fourth-order valence-corrected chi connectivity index (χ4v) is 3.25. The maximum atomic E-state index is 5.71. The first kappa shape index (κ1) is 10.6. The summed E-state index contributed by atoms with van der Waals surface area (Å²) in [6.45, 7) is 0. The van der Waals surface area contributed by atoms with Gasteiger partial charge in [0.2, 0.25) is 0 Å². The average Bonchev–Trinajstić information content (AvgIpc) is 2.97. The third kappa shape index (κ3) is 1.61. The number of benzene rings is 2. The first-order valence-corrected chi connectivity index (χ1v) is 6.85. The molecule has 0 spiro atoms. The van der Waals surface area contributed by atoms with Crippen molar-refractivity contribution >= 4 is 32.2 Å². The highest BCUT2D eigenvalue weighted by Crippen LogP contribution is 2.29. The van der Waals surface area contributed by atoms with Crippen molar-refractivity contribution in [1.29, 1.82) is 0 Å². The molecule has 2 aromatic carbocycles. The van der Waals surface area contributed by atoms with Crippen LogP contribution in [0.1, 0.15) is 0 Å². The van der Waals surface area contributed by atoms with Gasteiger partial charge in [-0.05, 0) is 24.3 Å². The van der Waals surface area contributed by atoms with E-state index < -0.39 is 0 Å². The van der Waals surface area contributed by atoms with E-state index in [1.54, 1.807) is 11.3 Å². The Morgan fingerprint density at radius 2 is 1.79 bits per heavy atom. The predicted molar refractivity (Wildman–Crippen MR) is 80.4 cm³/mol. The third-order valence-electron chi connectivity index (χ3n) is 3.21. The molecule has 0 aliphatic rings. The van der Waals surface area contributed by atoms with Crippen molar-refractivity contribution in [3.05, 3.63) is 54.7 Å². The molecule has 0 atom stereocenters. The quantitative estimate of drug-likeness (QED) is 0.532. The Hall–Kier alpha value is -2.33. The average molecular weight is 265 g/mol. The van der Waals surface area contributed by atoms with Crippen molar-refractivity contribution in [2.24, 2.45) is 0 Å². The van der Waals surface area contributed by atoms with Gasteiger partial charge in [-0.15, -0.1) is 0 Å². The topological polar surface area (TPSA) is 43.3 Å². The van der Waals surface area contributed by atoms with Crippen LogP contribution in [-0.2, 0) is 0 Å². The molecular formula is C15H11N3S. The lowest BCUT2D eigenvalue weighted by Gasteiger charge is -1.96. The molecule has 3 nitrogen and oxygen atoms in total. The van der Waals surface area contributed by atoms with Crippen LogP contribution >= 0.6 is 11.3 Å². The van der Waals surface area contributed by atoms with Crippen molar-refractivity contribution < 1.29 is 0 Å². The number of aromatic nitrogens is 2. The number of fused-ring (bicyclic) bond motifs is 3. The first-order chi connectivity index (χ1) is 9.31. The van der Waals surface area contributed by atoms with E-state index in [0.29, 0.717) is 0 Å². The Labute approximate surface area is 113 Å². The van der Waals surface area contributed by atoms with Gasteiger partial charge in [-0.25, -0.2) is 4.98 Å². The highest BCUT2D eigenvalue weighted by Gasteiger charge is 2.09. The molecule has 0 unspecified atom stereocenters. The maximum Gasteiger partial charge on any atom is 0.195 e. The van der Waals surface area contributed by atoms with E-state index in [1.807, 2.05) is 24.3 Å². The van der Waals surface area contributed by atoms with Crippen LogP contribution in [0.15, 0.2) is 54.7 Å². The summed E-state index contributed by atoms with van der Waals surface area (Å²) in [6.07, 6.45) is 2.08. The number of anilines is 1. The van der Waals surface area contributed by atoms with Crippen LogP contribution in [0.2, 0.25) is 0 Å². The van der Waals surface area contributed by atoms with Gasteiger partial charge in [0.25, 0.3) is 0 Å². The Kier molecular flexibility index (Phi) is 2.13. The molecule has 0 radical (unpaired) electrons. The number of para-hydroxylation sites is 1. The Morgan fingerprint density at radius 1 is 1.00 bits per heavy atom. The van der Waals surface area contributed by atoms with Crippen LogP contribution in [0.25, 0.3) is 26.4 Å². The summed E-state index contributed by atoms with van der Waals surface area (Å²) in [4.78, 5) is 5.71. The Bertz CT molecular complexity index is 871. The van der Waals surface area contributed by atoms with Gasteiger partial charge in [-0.3, -0.25) is 4.40 Å². The minimum atomic E-state index is 0.773. The van der Waals surface area contributed by atoms with Crippen molar-refractivity contribution in [2.45, 2.75) is 0 Å². The number of imidazole rings is 1. The van der Waals surface area contributed by atoms with Gasteiger partial charge < -0.3 is 5.73 Å². The molecule has 4 rings (SSSR count). The number of rotatable bonds is 1. The van der Waals surface area contributed by atoms with Gasteiger partial charge in [-0.2, -0.15) is 0 Å². The summed E-state index contributed by atoms with van der Waals surface area (Å²) in [7, 11) is 0. The molecule has 2 N–H and O–H groups in total. The standard InChI is InChI=1S/C15H11N3S/c16-11-7-5-10(6-8-11)12-9-18-13-3-1-2-4-14(13)19-15(18)17-12/h1-9H,16H2. The number of nitrogens with zero attached hydrogens (tertiary/aromatic N) is 2. The molecule has 0 saturated carbocycles. The van der Waals surface area contributed by atoms with Crippen LogP contribution in [0.3, 0.4) is 0 Å². The molecular weight excluding hydrogens is 254 g/mol. The lowest BCUT2D eigenvalue weighted by Crippen LogP contribution is -1.83. The van der Waals surface area contributed by atoms with Crippen LogP contribution < -0.4 is 5.73 Å². The molecule has 0 saturated heterocycles. The van der Waals surface area contributed by atoms with Crippen molar-refractivity contribution in [1.82, 2.24) is 9.38 Å². The lowest BCUT2D eigenvalue weighted by molar-refractivity contribution is 1.30. The summed E-state index contributed by atoms with van der Waals surface area (Å²) < 4.78 is 3.40. The van der Waals surface area contributed by atoms with Crippen molar-refractivity contribution in [3.63, 3.8) is 0 Å². The molecule has 0 aliphatic heterocycles. The van der Waals surface area contributed by atoms with E-state index in [0.717, 1.165) is 21.9 Å². The number of thiazole rings is 1. The molecule has 0 bridgehead atoms. The predicted octanol–water partition coefficient (Wildman–Crippen LogP) is 3.80. The third-order valence-corrected chi connectivity index (χ3v) is 4.24. The Balaban J connectivity index is 1.94. The second-order valence-corrected chi connectivity index (χ2v) is 5.48. The van der Waals surface area contributed by atoms with E-state index in [9.17, 15) is 0 Å². The van der Waals surface area contributed by atoms with E-state index in [2.05, 4.69) is 34.9 Å². The maximum absolute atomic E-state index is 5.71. The molecule has 2 aromatic heterocycles. The van der Waals surface area contributed by atoms with Gasteiger partial charge in [-0.1, -0.05) is 35.6 Å². The van der Waals surface area contributed by atoms with Crippen LogP contribution in [0.5, 0.6) is 0 Å². The van der Waals surface area contributed by atoms with Crippen molar-refractivity contribution in [3.8, 4) is 11.3 Å². The monoisotopic (exact) mass is 265 g/mol. The number of nitrogens with two attached hydrogens (primary N) is 1. The second-order valence-electron chi connectivity index (χ2n) is 4.47. The van der Waals surface area contributed by atoms with Crippen molar-refractivity contribution in [2.75, 3.05) is 5.73 Å². The van der Waals surface area contributed by atoms with Crippen LogP contribution in [-0.4, -0.2) is 9.38 Å². The highest BCUT2D eigenvalue weighted by atomic mass is 32.1. The summed E-state index contributed by atoms with van der Waals surface area (Å²) in [5.41, 5.74) is 9.76. The summed E-state index contributed by atoms with van der Waals surface area (Å²) in [5.74, 6) is 0. The van der Waals surface area contributed by atoms with Gasteiger partial charge in [0.1, 0.15) is 0 Å². The molecule has 19 heavy (non-hydrogen) atoms. The molecule has 0 fully saturated rings. The zero-order chi connectivity index (χ0) is 12.8. The fourth-order valence-electron chi connectivity index (χ4n) is 2.24. The summed E-state index contributed by atoms with van der Waals surface area (Å²) >= 11 is 1.71. The fraction of sp³-hybridized carbons (Fsp3) is 0. The highest BCUT2D eigenvalue weighted by molar-refractivity contribution is 7.23.